The monoisotopic (exact) mass is 242 g/mol. The minimum atomic E-state index is -4.27. The smallest absolute Gasteiger partial charge is 0.362 e. The number of para-hydroxylation sites is 1. The Morgan fingerprint density at radius 2 is 2.00 bits per heavy atom. The molecule has 0 saturated heterocycles. The Bertz CT molecular complexity index is 432. The second-order valence-corrected chi connectivity index (χ2v) is 3.71. The lowest BCUT2D eigenvalue weighted by Crippen LogP contribution is -2.35. The highest BCUT2D eigenvalue weighted by Gasteiger charge is 2.31. The van der Waals surface area contributed by atoms with Crippen LogP contribution < -0.4 is 4.90 Å². The summed E-state index contributed by atoms with van der Waals surface area (Å²) < 4.78 is 37.3. The van der Waals surface area contributed by atoms with Crippen LogP contribution in [0.5, 0.6) is 0 Å². The molecule has 5 heteroatoms. The molecule has 0 aliphatic heterocycles. The molecule has 0 aliphatic rings. The van der Waals surface area contributed by atoms with E-state index in [1.807, 2.05) is 6.07 Å². The van der Waals surface area contributed by atoms with Gasteiger partial charge in [-0.05, 0) is 25.5 Å². The molecule has 1 aromatic rings. The molecule has 0 aromatic heterocycles. The summed E-state index contributed by atoms with van der Waals surface area (Å²) in [5, 5.41) is 8.93. The van der Waals surface area contributed by atoms with E-state index in [4.69, 9.17) is 5.26 Å². The molecule has 1 rings (SSSR count). The molecule has 0 unspecified atom stereocenters. The molecule has 92 valence electrons. The van der Waals surface area contributed by atoms with E-state index in [1.54, 1.807) is 26.0 Å². The SMILES string of the molecule is CCN(CC(F)(F)F)c1c(C)cccc1C#N. The Labute approximate surface area is 98.3 Å². The average molecular weight is 242 g/mol. The number of nitrogens with zero attached hydrogens (tertiary/aromatic N) is 2. The van der Waals surface area contributed by atoms with Crippen LogP contribution >= 0.6 is 0 Å². The lowest BCUT2D eigenvalue weighted by molar-refractivity contribution is -0.119. The molecule has 0 heterocycles. The van der Waals surface area contributed by atoms with Crippen LogP contribution in [0, 0.1) is 18.3 Å². The number of benzene rings is 1. The van der Waals surface area contributed by atoms with Gasteiger partial charge in [0.1, 0.15) is 12.6 Å². The Morgan fingerprint density at radius 1 is 1.35 bits per heavy atom. The van der Waals surface area contributed by atoms with Crippen molar-refractivity contribution >= 4 is 5.69 Å². The van der Waals surface area contributed by atoms with E-state index in [0.29, 0.717) is 11.3 Å². The third kappa shape index (κ3) is 3.38. The molecule has 17 heavy (non-hydrogen) atoms. The summed E-state index contributed by atoms with van der Waals surface area (Å²) in [7, 11) is 0. The first-order valence-corrected chi connectivity index (χ1v) is 5.20. The highest BCUT2D eigenvalue weighted by Crippen LogP contribution is 2.27. The third-order valence-corrected chi connectivity index (χ3v) is 2.43. The minimum Gasteiger partial charge on any atom is -0.362 e. The molecule has 2 nitrogen and oxygen atoms in total. The van der Waals surface area contributed by atoms with Crippen molar-refractivity contribution in [3.8, 4) is 6.07 Å². The first kappa shape index (κ1) is 13.4. The van der Waals surface area contributed by atoms with Crippen LogP contribution in [0.25, 0.3) is 0 Å². The summed E-state index contributed by atoms with van der Waals surface area (Å²) in [6.45, 7) is 2.51. The maximum absolute atomic E-state index is 12.4. The molecule has 0 fully saturated rings. The maximum atomic E-state index is 12.4. The number of hydrogen-bond acceptors (Lipinski definition) is 2. The molecule has 0 N–H and O–H groups in total. The number of anilines is 1. The van der Waals surface area contributed by atoms with Crippen molar-refractivity contribution in [1.82, 2.24) is 0 Å². The van der Waals surface area contributed by atoms with Crippen molar-refractivity contribution in [3.63, 3.8) is 0 Å². The van der Waals surface area contributed by atoms with Crippen molar-refractivity contribution in [2.75, 3.05) is 18.0 Å². The number of alkyl halides is 3. The normalized spacial score (nSPS) is 11.1. The molecule has 0 amide bonds. The molecule has 0 aliphatic carbocycles. The van der Waals surface area contributed by atoms with E-state index in [-0.39, 0.29) is 12.1 Å². The lowest BCUT2D eigenvalue weighted by Gasteiger charge is -2.26. The number of nitriles is 1. The summed E-state index contributed by atoms with van der Waals surface area (Å²) in [6.07, 6.45) is -4.27. The lowest BCUT2D eigenvalue weighted by atomic mass is 10.1. The van der Waals surface area contributed by atoms with Crippen LogP contribution in [0.2, 0.25) is 0 Å². The molecule has 0 bridgehead atoms. The van der Waals surface area contributed by atoms with Gasteiger partial charge in [-0.15, -0.1) is 0 Å². The van der Waals surface area contributed by atoms with Gasteiger partial charge >= 0.3 is 6.18 Å². The van der Waals surface area contributed by atoms with Crippen molar-refractivity contribution in [2.24, 2.45) is 0 Å². The molecular formula is C12H13F3N2. The van der Waals surface area contributed by atoms with E-state index in [0.717, 1.165) is 0 Å². The van der Waals surface area contributed by atoms with Crippen LogP contribution in [0.1, 0.15) is 18.1 Å². The molecule has 0 atom stereocenters. The minimum absolute atomic E-state index is 0.207. The predicted molar refractivity (Wildman–Crippen MR) is 59.8 cm³/mol. The number of aryl methyl sites for hydroxylation is 1. The van der Waals surface area contributed by atoms with Gasteiger partial charge in [0.05, 0.1) is 11.3 Å². The van der Waals surface area contributed by atoms with Crippen LogP contribution in [0.4, 0.5) is 18.9 Å². The number of rotatable bonds is 3. The van der Waals surface area contributed by atoms with E-state index < -0.39 is 12.7 Å². The van der Waals surface area contributed by atoms with Crippen LogP contribution in [0.15, 0.2) is 18.2 Å². The van der Waals surface area contributed by atoms with E-state index in [1.165, 1.54) is 11.0 Å². The Hall–Kier alpha value is -1.70. The number of hydrogen-bond donors (Lipinski definition) is 0. The standard InChI is InChI=1S/C12H13F3N2/c1-3-17(8-12(13,14)15)11-9(2)5-4-6-10(11)7-16/h4-6H,3,8H2,1-2H3. The summed E-state index contributed by atoms with van der Waals surface area (Å²) in [4.78, 5) is 1.17. The van der Waals surface area contributed by atoms with E-state index in [9.17, 15) is 13.2 Å². The van der Waals surface area contributed by atoms with E-state index >= 15 is 0 Å². The summed E-state index contributed by atoms with van der Waals surface area (Å²) in [5.41, 5.74) is 1.32. The van der Waals surface area contributed by atoms with Gasteiger partial charge in [0.25, 0.3) is 0 Å². The Balaban J connectivity index is 3.16. The van der Waals surface area contributed by atoms with Gasteiger partial charge < -0.3 is 4.90 Å². The summed E-state index contributed by atoms with van der Waals surface area (Å²) in [5.74, 6) is 0. The van der Waals surface area contributed by atoms with Crippen molar-refractivity contribution in [3.05, 3.63) is 29.3 Å². The Morgan fingerprint density at radius 3 is 2.47 bits per heavy atom. The van der Waals surface area contributed by atoms with Crippen molar-refractivity contribution in [2.45, 2.75) is 20.0 Å². The van der Waals surface area contributed by atoms with E-state index in [2.05, 4.69) is 0 Å². The van der Waals surface area contributed by atoms with Crippen LogP contribution in [0.3, 0.4) is 0 Å². The topological polar surface area (TPSA) is 27.0 Å². The fraction of sp³-hybridized carbons (Fsp3) is 0.417. The largest absolute Gasteiger partial charge is 0.405 e. The summed E-state index contributed by atoms with van der Waals surface area (Å²) >= 11 is 0. The molecule has 0 radical (unpaired) electrons. The van der Waals surface area contributed by atoms with Crippen LogP contribution in [-0.2, 0) is 0 Å². The summed E-state index contributed by atoms with van der Waals surface area (Å²) in [6, 6.07) is 6.83. The molecule has 0 saturated carbocycles. The van der Waals surface area contributed by atoms with Gasteiger partial charge in [0, 0.05) is 6.54 Å². The number of halogens is 3. The van der Waals surface area contributed by atoms with Gasteiger partial charge in [0.15, 0.2) is 0 Å². The quantitative estimate of drug-likeness (QED) is 0.813. The highest BCUT2D eigenvalue weighted by atomic mass is 19.4. The zero-order valence-electron chi connectivity index (χ0n) is 9.67. The van der Waals surface area contributed by atoms with Gasteiger partial charge in [-0.25, -0.2) is 0 Å². The molecule has 1 aromatic carbocycles. The zero-order chi connectivity index (χ0) is 13.1. The third-order valence-electron chi connectivity index (χ3n) is 2.43. The fourth-order valence-corrected chi connectivity index (χ4v) is 1.73. The van der Waals surface area contributed by atoms with Gasteiger partial charge in [-0.1, -0.05) is 12.1 Å². The highest BCUT2D eigenvalue weighted by molar-refractivity contribution is 5.64. The maximum Gasteiger partial charge on any atom is 0.405 e. The zero-order valence-corrected chi connectivity index (χ0v) is 9.67. The van der Waals surface area contributed by atoms with Gasteiger partial charge in [-0.3, -0.25) is 0 Å². The first-order chi connectivity index (χ1) is 7.89. The average Bonchev–Trinajstić information content (AvgIpc) is 2.24. The van der Waals surface area contributed by atoms with Crippen molar-refractivity contribution in [1.29, 1.82) is 5.26 Å². The second-order valence-electron chi connectivity index (χ2n) is 3.71. The van der Waals surface area contributed by atoms with Crippen LogP contribution in [-0.4, -0.2) is 19.3 Å². The molecular weight excluding hydrogens is 229 g/mol. The first-order valence-electron chi connectivity index (χ1n) is 5.20. The predicted octanol–water partition coefficient (Wildman–Crippen LogP) is 3.26. The van der Waals surface area contributed by atoms with Crippen molar-refractivity contribution < 1.29 is 13.2 Å². The Kier molecular flexibility index (Phi) is 4.00. The van der Waals surface area contributed by atoms with Gasteiger partial charge in [0.2, 0.25) is 0 Å². The van der Waals surface area contributed by atoms with Gasteiger partial charge in [-0.2, -0.15) is 18.4 Å². The molecule has 0 spiro atoms. The second kappa shape index (κ2) is 5.09. The fourth-order valence-electron chi connectivity index (χ4n) is 1.73.